The van der Waals surface area contributed by atoms with Gasteiger partial charge in [-0.2, -0.15) is 0 Å². The highest BCUT2D eigenvalue weighted by molar-refractivity contribution is 6.23. The van der Waals surface area contributed by atoms with Gasteiger partial charge in [0.25, 0.3) is 0 Å². The van der Waals surface area contributed by atoms with Crippen LogP contribution in [0.4, 0.5) is 0 Å². The number of furan rings is 1. The summed E-state index contributed by atoms with van der Waals surface area (Å²) in [7, 11) is 0. The van der Waals surface area contributed by atoms with Crippen LogP contribution in [0.25, 0.3) is 89.1 Å². The van der Waals surface area contributed by atoms with Crippen LogP contribution >= 0.6 is 0 Å². The van der Waals surface area contributed by atoms with Crippen molar-refractivity contribution in [1.82, 2.24) is 15.0 Å². The molecule has 0 aliphatic rings. The van der Waals surface area contributed by atoms with E-state index in [1.165, 1.54) is 11.1 Å². The van der Waals surface area contributed by atoms with E-state index in [1.54, 1.807) is 0 Å². The zero-order chi connectivity index (χ0) is 31.2. The van der Waals surface area contributed by atoms with Crippen LogP contribution in [0.5, 0.6) is 0 Å². The van der Waals surface area contributed by atoms with Crippen LogP contribution < -0.4 is 0 Å². The van der Waals surface area contributed by atoms with Crippen molar-refractivity contribution in [2.75, 3.05) is 0 Å². The van der Waals surface area contributed by atoms with Gasteiger partial charge in [0.2, 0.25) is 0 Å². The lowest BCUT2D eigenvalue weighted by Gasteiger charge is -2.13. The molecule has 9 aromatic rings. The molecule has 7 aromatic carbocycles. The summed E-state index contributed by atoms with van der Waals surface area (Å²) in [6.07, 6.45) is 0. The predicted octanol–water partition coefficient (Wildman–Crippen LogP) is 11.3. The Labute approximate surface area is 271 Å². The first kappa shape index (κ1) is 27.0. The minimum absolute atomic E-state index is 0.605. The largest absolute Gasteiger partial charge is 0.455 e. The first-order valence-corrected chi connectivity index (χ1v) is 15.7. The Bertz CT molecular complexity index is 2480. The van der Waals surface area contributed by atoms with Gasteiger partial charge < -0.3 is 4.42 Å². The molecule has 0 spiro atoms. The Morgan fingerprint density at radius 1 is 0.362 bits per heavy atom. The van der Waals surface area contributed by atoms with Gasteiger partial charge in [0.05, 0.1) is 0 Å². The van der Waals surface area contributed by atoms with Gasteiger partial charge in [0, 0.05) is 32.8 Å². The van der Waals surface area contributed by atoms with Crippen LogP contribution in [-0.4, -0.2) is 15.0 Å². The Balaban J connectivity index is 1.31. The van der Waals surface area contributed by atoms with Crippen molar-refractivity contribution in [3.8, 4) is 56.4 Å². The van der Waals surface area contributed by atoms with Crippen molar-refractivity contribution in [3.05, 3.63) is 164 Å². The van der Waals surface area contributed by atoms with Crippen LogP contribution in [0, 0.1) is 0 Å². The highest BCUT2D eigenvalue weighted by Crippen LogP contribution is 2.44. The van der Waals surface area contributed by atoms with Gasteiger partial charge in [-0.15, -0.1) is 0 Å². The summed E-state index contributed by atoms with van der Waals surface area (Å²) in [5.74, 6) is 1.86. The molecule has 0 radical (unpaired) electrons. The third-order valence-electron chi connectivity index (χ3n) is 8.73. The van der Waals surface area contributed by atoms with Crippen LogP contribution in [0.3, 0.4) is 0 Å². The highest BCUT2D eigenvalue weighted by Gasteiger charge is 2.22. The summed E-state index contributed by atoms with van der Waals surface area (Å²) in [5.41, 5.74) is 9.05. The molecule has 4 nitrogen and oxygen atoms in total. The fourth-order valence-corrected chi connectivity index (χ4v) is 6.48. The average Bonchev–Trinajstić information content (AvgIpc) is 3.55. The standard InChI is InChI=1S/C43H27N3O/c1-4-13-28(14-5-1)29-23-25-30(26-24-29)34-21-12-19-33-27-36(39-35-20-10-11-22-37(35)47-40(39)38(33)34)43-45-41(31-15-6-2-7-16-31)44-42(46-43)32-17-8-3-9-18-32/h1-27H. The average molecular weight is 602 g/mol. The molecule has 0 amide bonds. The second-order valence-electron chi connectivity index (χ2n) is 11.6. The summed E-state index contributed by atoms with van der Waals surface area (Å²) in [4.78, 5) is 15.1. The number of para-hydroxylation sites is 1. The van der Waals surface area contributed by atoms with Gasteiger partial charge in [0.15, 0.2) is 17.5 Å². The first-order chi connectivity index (χ1) is 23.3. The third-order valence-corrected chi connectivity index (χ3v) is 8.73. The molecule has 4 heteroatoms. The van der Waals surface area contributed by atoms with Crippen molar-refractivity contribution in [2.45, 2.75) is 0 Å². The predicted molar refractivity (Wildman–Crippen MR) is 192 cm³/mol. The molecule has 0 unspecified atom stereocenters. The number of hydrogen-bond acceptors (Lipinski definition) is 4. The zero-order valence-electron chi connectivity index (χ0n) is 25.3. The minimum Gasteiger partial charge on any atom is -0.455 e. The smallest absolute Gasteiger partial charge is 0.164 e. The van der Waals surface area contributed by atoms with Crippen molar-refractivity contribution in [2.24, 2.45) is 0 Å². The summed E-state index contributed by atoms with van der Waals surface area (Å²) in [6, 6.07) is 56.3. The minimum atomic E-state index is 0.605. The van der Waals surface area contributed by atoms with Crippen molar-refractivity contribution in [1.29, 1.82) is 0 Å². The molecular weight excluding hydrogens is 574 g/mol. The summed E-state index contributed by atoms with van der Waals surface area (Å²) in [6.45, 7) is 0. The Morgan fingerprint density at radius 3 is 1.55 bits per heavy atom. The molecular formula is C43H27N3O. The number of nitrogens with zero attached hydrogens (tertiary/aromatic N) is 3. The quantitative estimate of drug-likeness (QED) is 0.197. The molecule has 47 heavy (non-hydrogen) atoms. The van der Waals surface area contributed by atoms with Crippen molar-refractivity contribution < 1.29 is 4.42 Å². The molecule has 0 atom stereocenters. The molecule has 0 bridgehead atoms. The Kier molecular flexibility index (Phi) is 6.43. The van der Waals surface area contributed by atoms with Crippen molar-refractivity contribution >= 4 is 32.7 Å². The van der Waals surface area contributed by atoms with E-state index >= 15 is 0 Å². The topological polar surface area (TPSA) is 51.8 Å². The number of benzene rings is 7. The Hall–Kier alpha value is -6.39. The lowest BCUT2D eigenvalue weighted by molar-refractivity contribution is 0.673. The third kappa shape index (κ3) is 4.75. The van der Waals surface area contributed by atoms with Crippen LogP contribution in [0.2, 0.25) is 0 Å². The van der Waals surface area contributed by atoms with Gasteiger partial charge in [-0.1, -0.05) is 152 Å². The SMILES string of the molecule is c1ccc(-c2ccc(-c3cccc4cc(-c5nc(-c6ccccc6)nc(-c6ccccc6)n5)c5c6ccccc6oc5c34)cc2)cc1. The van der Waals surface area contributed by atoms with Crippen LogP contribution in [0.1, 0.15) is 0 Å². The lowest BCUT2D eigenvalue weighted by atomic mass is 9.92. The Morgan fingerprint density at radius 2 is 0.894 bits per heavy atom. The molecule has 220 valence electrons. The fourth-order valence-electron chi connectivity index (χ4n) is 6.48. The van der Waals surface area contributed by atoms with Gasteiger partial charge >= 0.3 is 0 Å². The number of rotatable bonds is 5. The van der Waals surface area contributed by atoms with Gasteiger partial charge in [-0.05, 0) is 39.8 Å². The van der Waals surface area contributed by atoms with Crippen LogP contribution in [-0.2, 0) is 0 Å². The molecule has 0 aliphatic carbocycles. The summed E-state index contributed by atoms with van der Waals surface area (Å²) >= 11 is 0. The maximum Gasteiger partial charge on any atom is 0.164 e. The normalized spacial score (nSPS) is 11.4. The number of aromatic nitrogens is 3. The van der Waals surface area contributed by atoms with E-state index in [0.29, 0.717) is 17.5 Å². The van der Waals surface area contributed by atoms with E-state index in [9.17, 15) is 0 Å². The molecule has 0 fully saturated rings. The summed E-state index contributed by atoms with van der Waals surface area (Å²) < 4.78 is 6.74. The van der Waals surface area contributed by atoms with E-state index in [4.69, 9.17) is 19.4 Å². The first-order valence-electron chi connectivity index (χ1n) is 15.7. The van der Waals surface area contributed by atoms with E-state index < -0.39 is 0 Å². The summed E-state index contributed by atoms with van der Waals surface area (Å²) in [5, 5.41) is 4.14. The maximum absolute atomic E-state index is 6.74. The maximum atomic E-state index is 6.74. The molecule has 0 aliphatic heterocycles. The highest BCUT2D eigenvalue weighted by atomic mass is 16.3. The van der Waals surface area contributed by atoms with E-state index in [1.807, 2.05) is 78.9 Å². The number of hydrogen-bond donors (Lipinski definition) is 0. The van der Waals surface area contributed by atoms with E-state index in [-0.39, 0.29) is 0 Å². The second kappa shape index (κ2) is 11.2. The van der Waals surface area contributed by atoms with Crippen LogP contribution in [0.15, 0.2) is 168 Å². The van der Waals surface area contributed by atoms with Crippen molar-refractivity contribution in [3.63, 3.8) is 0 Å². The molecule has 2 heterocycles. The fraction of sp³-hybridized carbons (Fsp3) is 0. The molecule has 0 N–H and O–H groups in total. The van der Waals surface area contributed by atoms with E-state index in [0.717, 1.165) is 60.5 Å². The van der Waals surface area contributed by atoms with Gasteiger partial charge in [-0.25, -0.2) is 15.0 Å². The zero-order valence-corrected chi connectivity index (χ0v) is 25.3. The van der Waals surface area contributed by atoms with Gasteiger partial charge in [-0.3, -0.25) is 0 Å². The molecule has 0 saturated carbocycles. The molecule has 9 rings (SSSR count). The lowest BCUT2D eigenvalue weighted by Crippen LogP contribution is -2.00. The molecule has 0 saturated heterocycles. The van der Waals surface area contributed by atoms with E-state index in [2.05, 4.69) is 84.9 Å². The second-order valence-corrected chi connectivity index (χ2v) is 11.6. The molecule has 2 aromatic heterocycles. The monoisotopic (exact) mass is 601 g/mol. The van der Waals surface area contributed by atoms with Gasteiger partial charge in [0.1, 0.15) is 11.2 Å². The number of fused-ring (bicyclic) bond motifs is 5.